The summed E-state index contributed by atoms with van der Waals surface area (Å²) >= 11 is 5.28. The number of amides is 1. The molecule has 0 heterocycles. The molecule has 0 atom stereocenters. The lowest BCUT2D eigenvalue weighted by Gasteiger charge is -2.35. The highest BCUT2D eigenvalue weighted by atomic mass is 32.1. The molecule has 21 heavy (non-hydrogen) atoms. The maximum absolute atomic E-state index is 12.2. The molecule has 122 valence electrons. The number of rotatable bonds is 8. The fraction of sp³-hybridized carbons (Fsp3) is 0.882. The number of nitrogens with two attached hydrogens (primary N) is 1. The van der Waals surface area contributed by atoms with Gasteiger partial charge in [0.05, 0.1) is 10.5 Å². The van der Waals surface area contributed by atoms with Crippen LogP contribution in [0.3, 0.4) is 0 Å². The molecule has 3 N–H and O–H groups in total. The summed E-state index contributed by atoms with van der Waals surface area (Å²) in [5.41, 5.74) is 5.56. The van der Waals surface area contributed by atoms with Crippen LogP contribution in [0.4, 0.5) is 0 Å². The zero-order valence-electron chi connectivity index (χ0n) is 13.6. The summed E-state index contributed by atoms with van der Waals surface area (Å²) in [4.78, 5) is 12.7. The fourth-order valence-corrected chi connectivity index (χ4v) is 3.42. The van der Waals surface area contributed by atoms with Crippen molar-refractivity contribution in [2.75, 3.05) is 0 Å². The van der Waals surface area contributed by atoms with E-state index in [0.29, 0.717) is 11.4 Å². The molecule has 1 amide bonds. The van der Waals surface area contributed by atoms with Gasteiger partial charge in [0.25, 0.3) is 0 Å². The van der Waals surface area contributed by atoms with Crippen molar-refractivity contribution in [1.29, 1.82) is 0 Å². The highest BCUT2D eigenvalue weighted by molar-refractivity contribution is 7.80. The second-order valence-corrected chi connectivity index (χ2v) is 6.87. The number of hydrogen-bond donors (Lipinski definition) is 2. The summed E-state index contributed by atoms with van der Waals surface area (Å²) in [5.74, 6) is 0.125. The van der Waals surface area contributed by atoms with Gasteiger partial charge in [-0.25, -0.2) is 0 Å². The van der Waals surface area contributed by atoms with Gasteiger partial charge in [0, 0.05) is 6.42 Å². The Morgan fingerprint density at radius 1 is 1.05 bits per heavy atom. The molecule has 0 radical (unpaired) electrons. The van der Waals surface area contributed by atoms with E-state index in [-0.39, 0.29) is 5.91 Å². The first-order chi connectivity index (χ1) is 10.1. The van der Waals surface area contributed by atoms with Gasteiger partial charge in [-0.1, -0.05) is 76.9 Å². The molecule has 0 aliphatic heterocycles. The van der Waals surface area contributed by atoms with Crippen molar-refractivity contribution in [2.24, 2.45) is 5.73 Å². The van der Waals surface area contributed by atoms with Crippen LogP contribution in [0.25, 0.3) is 0 Å². The maximum atomic E-state index is 12.2. The van der Waals surface area contributed by atoms with Gasteiger partial charge in [0.1, 0.15) is 0 Å². The molecular formula is C17H32N2OS. The van der Waals surface area contributed by atoms with E-state index in [9.17, 15) is 4.79 Å². The summed E-state index contributed by atoms with van der Waals surface area (Å²) in [6.07, 6.45) is 14.2. The largest absolute Gasteiger partial charge is 0.391 e. The zero-order valence-corrected chi connectivity index (χ0v) is 14.4. The van der Waals surface area contributed by atoms with E-state index in [1.165, 1.54) is 38.5 Å². The minimum Gasteiger partial charge on any atom is -0.391 e. The molecule has 1 aliphatic rings. The summed E-state index contributed by atoms with van der Waals surface area (Å²) in [6, 6.07) is 0. The molecule has 4 heteroatoms. The van der Waals surface area contributed by atoms with Crippen LogP contribution in [0.1, 0.15) is 90.4 Å². The quantitative estimate of drug-likeness (QED) is 0.521. The van der Waals surface area contributed by atoms with E-state index in [1.54, 1.807) is 0 Å². The molecule has 0 spiro atoms. The van der Waals surface area contributed by atoms with Crippen LogP contribution in [-0.2, 0) is 4.79 Å². The van der Waals surface area contributed by atoms with Crippen molar-refractivity contribution in [3.63, 3.8) is 0 Å². The van der Waals surface area contributed by atoms with E-state index >= 15 is 0 Å². The number of unbranched alkanes of at least 4 members (excludes halogenated alkanes) is 4. The predicted molar refractivity (Wildman–Crippen MR) is 93.4 cm³/mol. The Kier molecular flexibility index (Phi) is 8.90. The highest BCUT2D eigenvalue weighted by Crippen LogP contribution is 2.27. The Morgan fingerprint density at radius 3 is 2.19 bits per heavy atom. The maximum Gasteiger partial charge on any atom is 0.220 e. The lowest BCUT2D eigenvalue weighted by atomic mass is 9.83. The van der Waals surface area contributed by atoms with E-state index in [2.05, 4.69) is 12.2 Å². The van der Waals surface area contributed by atoms with E-state index in [4.69, 9.17) is 18.0 Å². The molecule has 3 nitrogen and oxygen atoms in total. The monoisotopic (exact) mass is 312 g/mol. The number of carbonyl (C=O) groups is 1. The van der Waals surface area contributed by atoms with Crippen molar-refractivity contribution >= 4 is 23.1 Å². The van der Waals surface area contributed by atoms with Crippen LogP contribution in [0, 0.1) is 0 Å². The molecule has 0 aromatic heterocycles. The van der Waals surface area contributed by atoms with E-state index in [1.807, 2.05) is 0 Å². The second kappa shape index (κ2) is 10.1. The van der Waals surface area contributed by atoms with Gasteiger partial charge in [0.15, 0.2) is 0 Å². The van der Waals surface area contributed by atoms with Crippen LogP contribution in [-0.4, -0.2) is 16.4 Å². The third-order valence-corrected chi connectivity index (χ3v) is 4.96. The molecule has 1 fully saturated rings. The van der Waals surface area contributed by atoms with Gasteiger partial charge in [0.2, 0.25) is 5.91 Å². The molecule has 0 bridgehead atoms. The molecule has 0 unspecified atom stereocenters. The van der Waals surface area contributed by atoms with Gasteiger partial charge in [-0.05, 0) is 19.3 Å². The zero-order chi connectivity index (χ0) is 15.6. The fourth-order valence-electron chi connectivity index (χ4n) is 3.16. The summed E-state index contributed by atoms with van der Waals surface area (Å²) in [6.45, 7) is 2.20. The SMILES string of the molecule is CCCCCCCC(=O)NC1(C(N)=S)CCCCCCC1. The van der Waals surface area contributed by atoms with E-state index < -0.39 is 5.54 Å². The van der Waals surface area contributed by atoms with Gasteiger partial charge < -0.3 is 11.1 Å². The van der Waals surface area contributed by atoms with Gasteiger partial charge in [-0.3, -0.25) is 4.79 Å². The first-order valence-electron chi connectivity index (χ1n) is 8.71. The summed E-state index contributed by atoms with van der Waals surface area (Å²) < 4.78 is 0. The number of thiocarbonyl (C=S) groups is 1. The minimum atomic E-state index is -0.420. The minimum absolute atomic E-state index is 0.125. The molecule has 1 saturated carbocycles. The number of nitrogens with one attached hydrogen (secondary N) is 1. The van der Waals surface area contributed by atoms with Crippen LogP contribution < -0.4 is 11.1 Å². The van der Waals surface area contributed by atoms with Crippen molar-refractivity contribution in [1.82, 2.24) is 5.32 Å². The van der Waals surface area contributed by atoms with Gasteiger partial charge >= 0.3 is 0 Å². The van der Waals surface area contributed by atoms with Crippen molar-refractivity contribution in [3.8, 4) is 0 Å². The Hall–Kier alpha value is -0.640. The molecule has 1 aliphatic carbocycles. The first kappa shape index (κ1) is 18.4. The van der Waals surface area contributed by atoms with Crippen molar-refractivity contribution < 1.29 is 4.79 Å². The Labute approximate surface area is 135 Å². The summed E-state index contributed by atoms with van der Waals surface area (Å²) in [5, 5.41) is 3.19. The molecular weight excluding hydrogens is 280 g/mol. The normalized spacial score (nSPS) is 18.5. The van der Waals surface area contributed by atoms with Crippen LogP contribution in [0.15, 0.2) is 0 Å². The Morgan fingerprint density at radius 2 is 1.62 bits per heavy atom. The van der Waals surface area contributed by atoms with E-state index in [0.717, 1.165) is 38.5 Å². The first-order valence-corrected chi connectivity index (χ1v) is 9.12. The van der Waals surface area contributed by atoms with Crippen LogP contribution in [0.2, 0.25) is 0 Å². The Balaban J connectivity index is 2.44. The van der Waals surface area contributed by atoms with Crippen LogP contribution >= 0.6 is 12.2 Å². The lowest BCUT2D eigenvalue weighted by Crippen LogP contribution is -2.56. The predicted octanol–water partition coefficient (Wildman–Crippen LogP) is 4.23. The average Bonchev–Trinajstić information content (AvgIpc) is 2.41. The smallest absolute Gasteiger partial charge is 0.220 e. The third-order valence-electron chi connectivity index (χ3n) is 4.56. The van der Waals surface area contributed by atoms with Gasteiger partial charge in [-0.15, -0.1) is 0 Å². The molecule has 1 rings (SSSR count). The average molecular weight is 313 g/mol. The number of hydrogen-bond acceptors (Lipinski definition) is 2. The highest BCUT2D eigenvalue weighted by Gasteiger charge is 2.34. The third kappa shape index (κ3) is 6.77. The standard InChI is InChI=1S/C17H32N2OS/c1-2-3-4-6-9-12-15(20)19-17(16(18)21)13-10-7-5-8-11-14-17/h2-14H2,1H3,(H2,18,21)(H,19,20). The second-order valence-electron chi connectivity index (χ2n) is 6.43. The topological polar surface area (TPSA) is 55.1 Å². The lowest BCUT2D eigenvalue weighted by molar-refractivity contribution is -0.122. The number of carbonyl (C=O) groups excluding carboxylic acids is 1. The van der Waals surface area contributed by atoms with Gasteiger partial charge in [-0.2, -0.15) is 0 Å². The van der Waals surface area contributed by atoms with Crippen LogP contribution in [0.5, 0.6) is 0 Å². The molecule has 0 aromatic carbocycles. The molecule has 0 saturated heterocycles. The molecule has 0 aromatic rings. The summed E-state index contributed by atoms with van der Waals surface area (Å²) in [7, 11) is 0. The van der Waals surface area contributed by atoms with Crippen molar-refractivity contribution in [3.05, 3.63) is 0 Å². The van der Waals surface area contributed by atoms with Crippen molar-refractivity contribution in [2.45, 2.75) is 95.9 Å². The Bertz CT molecular complexity index is 323.